The van der Waals surface area contributed by atoms with Crippen molar-refractivity contribution in [1.29, 1.82) is 0 Å². The van der Waals surface area contributed by atoms with Crippen LogP contribution in [0.2, 0.25) is 0 Å². The largest absolute Gasteiger partial charge is 0.547 e. The van der Waals surface area contributed by atoms with E-state index in [1.165, 1.54) is 12.1 Å². The van der Waals surface area contributed by atoms with Crippen molar-refractivity contribution in [3.05, 3.63) is 71.3 Å². The van der Waals surface area contributed by atoms with Gasteiger partial charge < -0.3 is 9.90 Å². The van der Waals surface area contributed by atoms with Crippen LogP contribution >= 0.6 is 0 Å². The van der Waals surface area contributed by atoms with Gasteiger partial charge >= 0.3 is 0 Å². The second-order valence-electron chi connectivity index (χ2n) is 4.66. The molecule has 1 aliphatic rings. The predicted octanol–water partition coefficient (Wildman–Crippen LogP) is 0.774. The van der Waals surface area contributed by atoms with E-state index < -0.39 is 23.8 Å². The zero-order valence-electron chi connectivity index (χ0n) is 10.9. The van der Waals surface area contributed by atoms with Crippen LogP contribution in [-0.2, 0) is 4.79 Å². The summed E-state index contributed by atoms with van der Waals surface area (Å²) in [5, 5.41) is 11.5. The number of amides is 2. The molecule has 0 N–H and O–H groups in total. The minimum atomic E-state index is -1.49. The third-order valence-corrected chi connectivity index (χ3v) is 3.42. The maximum atomic E-state index is 12.3. The van der Waals surface area contributed by atoms with Crippen molar-refractivity contribution >= 4 is 17.8 Å². The van der Waals surface area contributed by atoms with Gasteiger partial charge in [-0.2, -0.15) is 0 Å². The molecule has 5 nitrogen and oxygen atoms in total. The normalized spacial score (nSPS) is 15.0. The molecule has 3 rings (SSSR count). The topological polar surface area (TPSA) is 77.5 Å². The van der Waals surface area contributed by atoms with E-state index in [4.69, 9.17) is 0 Å². The summed E-state index contributed by atoms with van der Waals surface area (Å²) in [4.78, 5) is 36.9. The molecule has 0 spiro atoms. The quantitative estimate of drug-likeness (QED) is 0.778. The molecular formula is C16H10NO4-. The summed E-state index contributed by atoms with van der Waals surface area (Å²) in [5.41, 5.74) is 0.751. The Morgan fingerprint density at radius 1 is 0.857 bits per heavy atom. The van der Waals surface area contributed by atoms with E-state index in [0.29, 0.717) is 5.56 Å². The van der Waals surface area contributed by atoms with Gasteiger partial charge in [0.2, 0.25) is 0 Å². The Morgan fingerprint density at radius 2 is 1.33 bits per heavy atom. The van der Waals surface area contributed by atoms with E-state index >= 15 is 0 Å². The molecule has 2 aromatic rings. The number of fused-ring (bicyclic) bond motifs is 1. The van der Waals surface area contributed by atoms with Crippen molar-refractivity contribution in [1.82, 2.24) is 4.90 Å². The summed E-state index contributed by atoms with van der Waals surface area (Å²) in [5.74, 6) is -2.72. The number of nitrogens with zero attached hydrogens (tertiary/aromatic N) is 1. The number of aliphatic carboxylic acids is 1. The number of carbonyl (C=O) groups excluding carboxylic acids is 3. The average Bonchev–Trinajstić information content (AvgIpc) is 2.74. The first-order valence-electron chi connectivity index (χ1n) is 6.34. The lowest BCUT2D eigenvalue weighted by Gasteiger charge is -2.27. The fraction of sp³-hybridized carbons (Fsp3) is 0.0625. The van der Waals surface area contributed by atoms with Gasteiger partial charge in [-0.3, -0.25) is 14.5 Å². The highest BCUT2D eigenvalue weighted by Crippen LogP contribution is 2.30. The lowest BCUT2D eigenvalue weighted by atomic mass is 10.1. The Bertz CT molecular complexity index is 704. The van der Waals surface area contributed by atoms with Crippen LogP contribution in [0, 0.1) is 0 Å². The molecule has 0 fully saturated rings. The van der Waals surface area contributed by atoms with Gasteiger partial charge in [-0.15, -0.1) is 0 Å². The summed E-state index contributed by atoms with van der Waals surface area (Å²) in [7, 11) is 0. The highest BCUT2D eigenvalue weighted by Gasteiger charge is 2.40. The molecule has 1 atom stereocenters. The van der Waals surface area contributed by atoms with Gasteiger partial charge in [0.15, 0.2) is 0 Å². The standard InChI is InChI=1S/C16H11NO4/c18-14-11-8-4-5-9-12(11)15(19)17(14)13(16(20)21)10-6-2-1-3-7-10/h1-9,13H,(H,20,21)/p-1/t13-/m0/s1. The molecule has 0 saturated carbocycles. The van der Waals surface area contributed by atoms with Crippen LogP contribution in [0.1, 0.15) is 32.3 Å². The summed E-state index contributed by atoms with van der Waals surface area (Å²) < 4.78 is 0. The van der Waals surface area contributed by atoms with Gasteiger partial charge in [-0.05, 0) is 17.7 Å². The van der Waals surface area contributed by atoms with Crippen LogP contribution in [0.15, 0.2) is 54.6 Å². The molecule has 5 heteroatoms. The van der Waals surface area contributed by atoms with Crippen LogP contribution in [0.3, 0.4) is 0 Å². The fourth-order valence-corrected chi connectivity index (χ4v) is 2.47. The first-order valence-corrected chi connectivity index (χ1v) is 6.34. The van der Waals surface area contributed by atoms with Crippen LogP contribution in [0.4, 0.5) is 0 Å². The molecule has 2 amide bonds. The number of rotatable bonds is 3. The lowest BCUT2D eigenvalue weighted by molar-refractivity contribution is -0.310. The first-order chi connectivity index (χ1) is 10.1. The number of hydrogen-bond donors (Lipinski definition) is 0. The van der Waals surface area contributed by atoms with Gasteiger partial charge in [0, 0.05) is 0 Å². The van der Waals surface area contributed by atoms with Gasteiger partial charge in [-0.25, -0.2) is 0 Å². The molecule has 0 saturated heterocycles. The minimum absolute atomic E-state index is 0.213. The van der Waals surface area contributed by atoms with Crippen LogP contribution in [-0.4, -0.2) is 22.7 Å². The van der Waals surface area contributed by atoms with Gasteiger partial charge in [0.05, 0.1) is 17.1 Å². The number of benzene rings is 2. The van der Waals surface area contributed by atoms with Crippen LogP contribution < -0.4 is 5.11 Å². The Morgan fingerprint density at radius 3 is 1.81 bits per heavy atom. The Balaban J connectivity index is 2.09. The molecule has 1 aliphatic heterocycles. The summed E-state index contributed by atoms with van der Waals surface area (Å²) >= 11 is 0. The Hall–Kier alpha value is -2.95. The summed E-state index contributed by atoms with van der Waals surface area (Å²) in [6, 6.07) is 12.9. The molecule has 2 aromatic carbocycles. The van der Waals surface area contributed by atoms with Crippen LogP contribution in [0.25, 0.3) is 0 Å². The van der Waals surface area contributed by atoms with Crippen molar-refractivity contribution in [2.24, 2.45) is 0 Å². The van der Waals surface area contributed by atoms with Crippen molar-refractivity contribution < 1.29 is 19.5 Å². The molecule has 1 heterocycles. The molecule has 0 radical (unpaired) electrons. The summed E-state index contributed by atoms with van der Waals surface area (Å²) in [6.45, 7) is 0. The lowest BCUT2D eigenvalue weighted by Crippen LogP contribution is -2.44. The van der Waals surface area contributed by atoms with Crippen molar-refractivity contribution in [3.63, 3.8) is 0 Å². The molecule has 0 aromatic heterocycles. The highest BCUT2D eigenvalue weighted by molar-refractivity contribution is 6.22. The SMILES string of the molecule is O=C([O-])[C@H](c1ccccc1)N1C(=O)c2ccccc2C1=O. The summed E-state index contributed by atoms with van der Waals surface area (Å²) in [6.07, 6.45) is 0. The Labute approximate surface area is 120 Å². The Kier molecular flexibility index (Phi) is 3.02. The molecule has 104 valence electrons. The van der Waals surface area contributed by atoms with E-state index in [2.05, 4.69) is 0 Å². The molecule has 0 bridgehead atoms. The number of imide groups is 1. The number of carbonyl (C=O) groups is 3. The minimum Gasteiger partial charge on any atom is -0.547 e. The predicted molar refractivity (Wildman–Crippen MR) is 71.1 cm³/mol. The first kappa shape index (κ1) is 13.1. The van der Waals surface area contributed by atoms with Crippen molar-refractivity contribution in [2.75, 3.05) is 0 Å². The van der Waals surface area contributed by atoms with E-state index in [9.17, 15) is 19.5 Å². The van der Waals surface area contributed by atoms with Crippen molar-refractivity contribution in [3.8, 4) is 0 Å². The van der Waals surface area contributed by atoms with Crippen molar-refractivity contribution in [2.45, 2.75) is 6.04 Å². The van der Waals surface area contributed by atoms with Crippen LogP contribution in [0.5, 0.6) is 0 Å². The number of hydrogen-bond acceptors (Lipinski definition) is 4. The average molecular weight is 280 g/mol. The number of carboxylic acid groups (broad SMARTS) is 1. The maximum absolute atomic E-state index is 12.3. The van der Waals surface area contributed by atoms with E-state index in [-0.39, 0.29) is 11.1 Å². The highest BCUT2D eigenvalue weighted by atomic mass is 16.4. The second-order valence-corrected chi connectivity index (χ2v) is 4.66. The van der Waals surface area contributed by atoms with Gasteiger partial charge in [0.1, 0.15) is 6.04 Å². The number of carboxylic acids is 1. The molecular weight excluding hydrogens is 270 g/mol. The van der Waals surface area contributed by atoms with Gasteiger partial charge in [-0.1, -0.05) is 42.5 Å². The van der Waals surface area contributed by atoms with Gasteiger partial charge in [0.25, 0.3) is 11.8 Å². The third kappa shape index (κ3) is 1.99. The molecule has 0 unspecified atom stereocenters. The zero-order valence-corrected chi connectivity index (χ0v) is 10.9. The third-order valence-electron chi connectivity index (χ3n) is 3.42. The molecule has 21 heavy (non-hydrogen) atoms. The second kappa shape index (κ2) is 4.86. The molecule has 0 aliphatic carbocycles. The maximum Gasteiger partial charge on any atom is 0.262 e. The van der Waals surface area contributed by atoms with E-state index in [1.807, 2.05) is 0 Å². The zero-order chi connectivity index (χ0) is 15.0. The smallest absolute Gasteiger partial charge is 0.262 e. The monoisotopic (exact) mass is 280 g/mol. The fourth-order valence-electron chi connectivity index (χ4n) is 2.47. The van der Waals surface area contributed by atoms with E-state index in [1.54, 1.807) is 42.5 Å². The van der Waals surface area contributed by atoms with E-state index in [0.717, 1.165) is 4.90 Å².